The molecule has 1 saturated heterocycles. The monoisotopic (exact) mass is 777 g/mol. The Morgan fingerprint density at radius 2 is 1.86 bits per heavy atom. The molecular formula is C38H36ClN11O6. The van der Waals surface area contributed by atoms with Crippen LogP contribution in [0.1, 0.15) is 41.4 Å². The molecule has 4 aromatic heterocycles. The predicted molar refractivity (Wildman–Crippen MR) is 209 cm³/mol. The molecule has 0 aliphatic carbocycles. The number of hydrogen-bond acceptors (Lipinski definition) is 11. The van der Waals surface area contributed by atoms with Gasteiger partial charge in [-0.15, -0.1) is 0 Å². The summed E-state index contributed by atoms with van der Waals surface area (Å²) in [6, 6.07) is 12.4. The van der Waals surface area contributed by atoms with E-state index >= 15 is 0 Å². The largest absolute Gasteiger partial charge is 0.480 e. The molecule has 0 unspecified atom stereocenters. The number of aryl methyl sites for hydroxylation is 1. The van der Waals surface area contributed by atoms with Crippen molar-refractivity contribution < 1.29 is 24.3 Å². The number of pyridine rings is 1. The second-order valence-electron chi connectivity index (χ2n) is 13.1. The molecule has 1 fully saturated rings. The average molecular weight is 778 g/mol. The number of hydrogen-bond donors (Lipinski definition) is 6. The van der Waals surface area contributed by atoms with Crippen LogP contribution >= 0.6 is 11.6 Å². The number of nitrogen functional groups attached to an aromatic ring is 1. The summed E-state index contributed by atoms with van der Waals surface area (Å²) < 4.78 is 0. The van der Waals surface area contributed by atoms with E-state index in [2.05, 4.69) is 40.5 Å². The molecule has 56 heavy (non-hydrogen) atoms. The van der Waals surface area contributed by atoms with Crippen molar-refractivity contribution in [3.63, 3.8) is 0 Å². The normalized spacial score (nSPS) is 13.6. The number of halogens is 1. The lowest BCUT2D eigenvalue weighted by Crippen LogP contribution is -2.52. The van der Waals surface area contributed by atoms with Gasteiger partial charge in [-0.3, -0.25) is 24.2 Å². The highest BCUT2D eigenvalue weighted by atomic mass is 35.5. The van der Waals surface area contributed by atoms with Gasteiger partial charge in [-0.25, -0.2) is 19.7 Å². The summed E-state index contributed by atoms with van der Waals surface area (Å²) >= 11 is 6.84. The number of anilines is 3. The van der Waals surface area contributed by atoms with Gasteiger partial charge < -0.3 is 36.3 Å². The van der Waals surface area contributed by atoms with Crippen LogP contribution in [0.25, 0.3) is 33.3 Å². The van der Waals surface area contributed by atoms with Crippen molar-refractivity contribution in [2.45, 2.75) is 38.8 Å². The van der Waals surface area contributed by atoms with Gasteiger partial charge in [0, 0.05) is 59.8 Å². The first-order chi connectivity index (χ1) is 27.0. The van der Waals surface area contributed by atoms with Gasteiger partial charge in [0.2, 0.25) is 17.8 Å². The maximum Gasteiger partial charge on any atom is 0.326 e. The van der Waals surface area contributed by atoms with Crippen LogP contribution in [-0.2, 0) is 27.3 Å². The zero-order chi connectivity index (χ0) is 39.5. The first-order valence-electron chi connectivity index (χ1n) is 17.7. The fourth-order valence-electron chi connectivity index (χ4n) is 6.51. The van der Waals surface area contributed by atoms with Crippen molar-refractivity contribution in [2.75, 3.05) is 35.6 Å². The third-order valence-corrected chi connectivity index (χ3v) is 9.89. The smallest absolute Gasteiger partial charge is 0.326 e. The number of rotatable bonds is 12. The molecule has 1 aliphatic rings. The summed E-state index contributed by atoms with van der Waals surface area (Å²) in [5.41, 5.74) is 10.4. The Labute approximate surface area is 323 Å². The molecular weight excluding hydrogens is 742 g/mol. The zero-order valence-corrected chi connectivity index (χ0v) is 30.8. The van der Waals surface area contributed by atoms with E-state index in [4.69, 9.17) is 17.3 Å². The Hall–Kier alpha value is -6.88. The van der Waals surface area contributed by atoms with Crippen LogP contribution in [0.5, 0.6) is 0 Å². The van der Waals surface area contributed by atoms with Crippen molar-refractivity contribution in [2.24, 2.45) is 0 Å². The molecule has 1 aliphatic heterocycles. The second-order valence-corrected chi connectivity index (χ2v) is 13.5. The number of aliphatic carboxylic acids is 1. The third kappa shape index (κ3) is 7.83. The molecule has 1 atom stereocenters. The number of nitrogens with one attached hydrogen (secondary N) is 4. The second kappa shape index (κ2) is 15.8. The molecule has 5 heterocycles. The topological polar surface area (TPSA) is 245 Å². The van der Waals surface area contributed by atoms with E-state index < -0.39 is 29.4 Å². The lowest BCUT2D eigenvalue weighted by atomic mass is 10.0. The molecule has 6 aromatic rings. The standard InChI is InChI=1S/C38H36ClN11O6/c1-2-20-15-42-33-30(20)31(39)26(18-44-33)22-4-3-5-25(14-22)50-13-12-49(19-29(50)52)28(51)11-10-27(37(55)56)46-35(53)21-6-8-23(9-7-21)41-16-24-17-43-34-32(45-24)36(54)48-38(40)47-34/h3-9,14-15,17-18,27,41H,2,10-13,16,19H2,1H3,(H,42,44)(H,46,53)(H,55,56)(H3,40,43,47,48,54)/t27-/m0/s1. The van der Waals surface area contributed by atoms with Crippen molar-refractivity contribution in [3.8, 4) is 11.1 Å². The van der Waals surface area contributed by atoms with Crippen LogP contribution in [0, 0.1) is 0 Å². The summed E-state index contributed by atoms with van der Waals surface area (Å²) in [6.45, 7) is 2.56. The maximum atomic E-state index is 13.3. The van der Waals surface area contributed by atoms with Gasteiger partial charge in [-0.1, -0.05) is 30.7 Å². The highest BCUT2D eigenvalue weighted by molar-refractivity contribution is 6.38. The van der Waals surface area contributed by atoms with Crippen LogP contribution in [0.4, 0.5) is 17.3 Å². The number of amides is 3. The van der Waals surface area contributed by atoms with Gasteiger partial charge in [0.1, 0.15) is 18.2 Å². The van der Waals surface area contributed by atoms with Gasteiger partial charge in [-0.2, -0.15) is 4.98 Å². The first kappa shape index (κ1) is 37.4. The molecule has 7 rings (SSSR count). The van der Waals surface area contributed by atoms with Crippen LogP contribution in [0.2, 0.25) is 5.02 Å². The van der Waals surface area contributed by atoms with E-state index in [1.54, 1.807) is 23.2 Å². The van der Waals surface area contributed by atoms with Crippen LogP contribution in [0.3, 0.4) is 0 Å². The zero-order valence-electron chi connectivity index (χ0n) is 30.0. The Kier molecular flexibility index (Phi) is 10.6. The fourth-order valence-corrected chi connectivity index (χ4v) is 6.88. The van der Waals surface area contributed by atoms with Crippen molar-refractivity contribution in [1.29, 1.82) is 0 Å². The number of H-pyrrole nitrogens is 2. The van der Waals surface area contributed by atoms with Gasteiger partial charge >= 0.3 is 5.97 Å². The number of carboxylic acid groups (broad SMARTS) is 1. The molecule has 7 N–H and O–H groups in total. The Bertz CT molecular complexity index is 2560. The van der Waals surface area contributed by atoms with Crippen LogP contribution in [-0.4, -0.2) is 89.3 Å². The minimum Gasteiger partial charge on any atom is -0.480 e. The minimum atomic E-state index is -1.34. The van der Waals surface area contributed by atoms with E-state index in [1.807, 2.05) is 37.4 Å². The van der Waals surface area contributed by atoms with Crippen LogP contribution in [0.15, 0.2) is 71.9 Å². The SMILES string of the molecule is CCc1c[nH]c2ncc(-c3cccc(N4CCN(C(=O)CC[C@H](NC(=O)c5ccc(NCc6cnc7nc(N)[nH]c(=O)c7n6)cc5)C(=O)O)CC4=O)c3)c(Cl)c12. The van der Waals surface area contributed by atoms with Gasteiger partial charge in [0.15, 0.2) is 11.2 Å². The summed E-state index contributed by atoms with van der Waals surface area (Å²) in [5.74, 6) is -2.67. The summed E-state index contributed by atoms with van der Waals surface area (Å²) in [6.07, 6.45) is 5.48. The fraction of sp³-hybridized carbons (Fsp3) is 0.237. The number of nitrogens with two attached hydrogens (primary N) is 1. The summed E-state index contributed by atoms with van der Waals surface area (Å²) in [5, 5.41) is 16.9. The number of carboxylic acids is 1. The summed E-state index contributed by atoms with van der Waals surface area (Å²) in [4.78, 5) is 89.1. The lowest BCUT2D eigenvalue weighted by Gasteiger charge is -2.34. The van der Waals surface area contributed by atoms with E-state index in [1.165, 1.54) is 23.2 Å². The Morgan fingerprint density at radius 3 is 2.61 bits per heavy atom. The van der Waals surface area contributed by atoms with E-state index in [0.717, 1.165) is 28.5 Å². The Morgan fingerprint density at radius 1 is 1.05 bits per heavy atom. The average Bonchev–Trinajstić information content (AvgIpc) is 3.63. The molecule has 0 saturated carbocycles. The number of benzene rings is 2. The number of piperazine rings is 1. The highest BCUT2D eigenvalue weighted by Crippen LogP contribution is 2.36. The number of carbonyl (C=O) groups excluding carboxylic acids is 3. The van der Waals surface area contributed by atoms with Crippen molar-refractivity contribution in [3.05, 3.63) is 99.3 Å². The van der Waals surface area contributed by atoms with Crippen molar-refractivity contribution >= 4 is 74.8 Å². The van der Waals surface area contributed by atoms with E-state index in [9.17, 15) is 29.1 Å². The molecule has 0 bridgehead atoms. The van der Waals surface area contributed by atoms with Gasteiger partial charge in [0.05, 0.1) is 23.5 Å². The predicted octanol–water partition coefficient (Wildman–Crippen LogP) is 3.51. The number of carbonyl (C=O) groups is 4. The van der Waals surface area contributed by atoms with Crippen LogP contribution < -0.4 is 26.8 Å². The van der Waals surface area contributed by atoms with Gasteiger partial charge in [-0.05, 0) is 60.4 Å². The maximum absolute atomic E-state index is 13.3. The molecule has 17 nitrogen and oxygen atoms in total. The summed E-state index contributed by atoms with van der Waals surface area (Å²) in [7, 11) is 0. The highest BCUT2D eigenvalue weighted by Gasteiger charge is 2.30. The third-order valence-electron chi connectivity index (χ3n) is 9.50. The molecule has 2 aromatic carbocycles. The number of aromatic amines is 2. The minimum absolute atomic E-state index is 0.0472. The van der Waals surface area contributed by atoms with E-state index in [-0.39, 0.29) is 67.6 Å². The number of nitrogens with zero attached hydrogens (tertiary/aromatic N) is 6. The quantitative estimate of drug-likeness (QED) is 0.105. The first-order valence-corrected chi connectivity index (χ1v) is 18.1. The number of aromatic nitrogens is 6. The molecule has 286 valence electrons. The number of fused-ring (bicyclic) bond motifs is 2. The van der Waals surface area contributed by atoms with E-state index in [0.29, 0.717) is 27.7 Å². The molecule has 0 spiro atoms. The molecule has 0 radical (unpaired) electrons. The molecule has 18 heteroatoms. The lowest BCUT2D eigenvalue weighted by molar-refractivity contribution is -0.140. The van der Waals surface area contributed by atoms with Crippen molar-refractivity contribution in [1.82, 2.24) is 40.1 Å². The molecule has 3 amide bonds. The van der Waals surface area contributed by atoms with Gasteiger partial charge in [0.25, 0.3) is 11.5 Å². The Balaban J connectivity index is 0.914.